The van der Waals surface area contributed by atoms with Gasteiger partial charge in [0.2, 0.25) is 0 Å². The van der Waals surface area contributed by atoms with Gasteiger partial charge in [0.25, 0.3) is 0 Å². The third-order valence-corrected chi connectivity index (χ3v) is 3.36. The quantitative estimate of drug-likeness (QED) is 0.907. The van der Waals surface area contributed by atoms with Crippen molar-refractivity contribution in [3.05, 3.63) is 52.7 Å². The Balaban J connectivity index is 2.28. The third kappa shape index (κ3) is 2.57. The Morgan fingerprint density at radius 2 is 2.29 bits per heavy atom. The van der Waals surface area contributed by atoms with Crippen molar-refractivity contribution in [2.24, 2.45) is 5.73 Å². The largest absolute Gasteiger partial charge is 0.457 e. The minimum atomic E-state index is -0.711. The predicted octanol–water partition coefficient (Wildman–Crippen LogP) is 2.21. The second-order valence-electron chi connectivity index (χ2n) is 3.72. The van der Waals surface area contributed by atoms with Crippen molar-refractivity contribution in [1.29, 1.82) is 0 Å². The van der Waals surface area contributed by atoms with E-state index in [0.29, 0.717) is 16.8 Å². The number of hydrogen-bond acceptors (Lipinski definition) is 4. The molecule has 0 aromatic carbocycles. The van der Waals surface area contributed by atoms with Gasteiger partial charge in [-0.2, -0.15) is 0 Å². The zero-order chi connectivity index (χ0) is 12.3. The highest BCUT2D eigenvalue weighted by atomic mass is 79.9. The minimum Gasteiger partial charge on any atom is -0.457 e. The molecule has 3 N–H and O–H groups in total. The van der Waals surface area contributed by atoms with Crippen LogP contribution in [0.2, 0.25) is 0 Å². The summed E-state index contributed by atoms with van der Waals surface area (Å²) in [5, 5.41) is 10.3. The first-order valence-electron chi connectivity index (χ1n) is 5.25. The molecule has 0 radical (unpaired) electrons. The van der Waals surface area contributed by atoms with Crippen LogP contribution in [-0.2, 0) is 0 Å². The van der Waals surface area contributed by atoms with Crippen LogP contribution in [0.3, 0.4) is 0 Å². The average molecular weight is 297 g/mol. The maximum Gasteiger partial charge on any atom is 0.174 e. The lowest BCUT2D eigenvalue weighted by Gasteiger charge is -2.20. The Morgan fingerprint density at radius 1 is 1.47 bits per heavy atom. The second-order valence-corrected chi connectivity index (χ2v) is 4.44. The van der Waals surface area contributed by atoms with E-state index in [-0.39, 0.29) is 5.92 Å². The first-order chi connectivity index (χ1) is 8.24. The van der Waals surface area contributed by atoms with Crippen LogP contribution in [0.4, 0.5) is 0 Å². The Labute approximate surface area is 108 Å². The minimum absolute atomic E-state index is 0.197. The van der Waals surface area contributed by atoms with E-state index in [1.54, 1.807) is 18.5 Å². The molecule has 2 heterocycles. The summed E-state index contributed by atoms with van der Waals surface area (Å²) in [5.41, 5.74) is 7.34. The fourth-order valence-electron chi connectivity index (χ4n) is 1.77. The number of nitrogens with two attached hydrogens (primary N) is 1. The van der Waals surface area contributed by atoms with Crippen LogP contribution < -0.4 is 5.73 Å². The van der Waals surface area contributed by atoms with Gasteiger partial charge in [0, 0.05) is 30.4 Å². The van der Waals surface area contributed by atoms with Crippen LogP contribution in [-0.4, -0.2) is 16.6 Å². The maximum atomic E-state index is 10.3. The molecule has 0 saturated heterocycles. The van der Waals surface area contributed by atoms with E-state index in [4.69, 9.17) is 10.2 Å². The number of halogens is 1. The lowest BCUT2D eigenvalue weighted by molar-refractivity contribution is 0.145. The Hall–Kier alpha value is -1.17. The van der Waals surface area contributed by atoms with Gasteiger partial charge < -0.3 is 15.3 Å². The fourth-order valence-corrected chi connectivity index (χ4v) is 2.25. The van der Waals surface area contributed by atoms with E-state index in [0.717, 1.165) is 5.56 Å². The Morgan fingerprint density at radius 3 is 2.82 bits per heavy atom. The number of furan rings is 1. The van der Waals surface area contributed by atoms with Crippen molar-refractivity contribution in [1.82, 2.24) is 4.98 Å². The number of aromatic nitrogens is 1. The molecule has 5 heteroatoms. The highest BCUT2D eigenvalue weighted by Gasteiger charge is 2.24. The summed E-state index contributed by atoms with van der Waals surface area (Å²) in [7, 11) is 0. The van der Waals surface area contributed by atoms with Gasteiger partial charge in [0.05, 0.1) is 12.4 Å². The molecule has 0 aliphatic heterocycles. The van der Waals surface area contributed by atoms with Crippen molar-refractivity contribution in [2.75, 3.05) is 6.54 Å². The molecule has 2 aromatic heterocycles. The molecule has 0 spiro atoms. The average Bonchev–Trinajstić information content (AvgIpc) is 2.77. The number of hydrogen-bond donors (Lipinski definition) is 2. The normalized spacial score (nSPS) is 14.5. The van der Waals surface area contributed by atoms with Crippen LogP contribution in [0, 0.1) is 0 Å². The zero-order valence-electron chi connectivity index (χ0n) is 9.08. The molecular weight excluding hydrogens is 284 g/mol. The molecule has 0 amide bonds. The van der Waals surface area contributed by atoms with Gasteiger partial charge in [0.1, 0.15) is 0 Å². The second kappa shape index (κ2) is 5.44. The molecule has 17 heavy (non-hydrogen) atoms. The van der Waals surface area contributed by atoms with E-state index in [1.807, 2.05) is 12.1 Å². The molecule has 0 fully saturated rings. The topological polar surface area (TPSA) is 72.3 Å². The van der Waals surface area contributed by atoms with Crippen LogP contribution >= 0.6 is 15.9 Å². The van der Waals surface area contributed by atoms with Crippen LogP contribution in [0.5, 0.6) is 0 Å². The van der Waals surface area contributed by atoms with Crippen LogP contribution in [0.25, 0.3) is 0 Å². The van der Waals surface area contributed by atoms with E-state index < -0.39 is 6.10 Å². The number of aliphatic hydroxyl groups excluding tert-OH is 1. The maximum absolute atomic E-state index is 10.3. The molecule has 0 aliphatic carbocycles. The first kappa shape index (κ1) is 12.3. The molecule has 0 saturated carbocycles. The summed E-state index contributed by atoms with van der Waals surface area (Å²) < 4.78 is 5.65. The predicted molar refractivity (Wildman–Crippen MR) is 67.4 cm³/mol. The van der Waals surface area contributed by atoms with Crippen molar-refractivity contribution >= 4 is 15.9 Å². The highest BCUT2D eigenvalue weighted by Crippen LogP contribution is 2.34. The van der Waals surface area contributed by atoms with Gasteiger partial charge in [-0.1, -0.05) is 6.07 Å². The van der Waals surface area contributed by atoms with Crippen LogP contribution in [0.1, 0.15) is 23.1 Å². The summed E-state index contributed by atoms with van der Waals surface area (Å²) in [6, 6.07) is 5.46. The smallest absolute Gasteiger partial charge is 0.174 e. The van der Waals surface area contributed by atoms with Gasteiger partial charge in [-0.3, -0.25) is 4.98 Å². The summed E-state index contributed by atoms with van der Waals surface area (Å²) in [5.74, 6) is -0.197. The molecule has 0 bridgehead atoms. The Bertz CT molecular complexity index is 472. The zero-order valence-corrected chi connectivity index (χ0v) is 10.7. The number of rotatable bonds is 4. The fraction of sp³-hybridized carbons (Fsp3) is 0.250. The van der Waals surface area contributed by atoms with Gasteiger partial charge in [-0.25, -0.2) is 0 Å². The first-order valence-corrected chi connectivity index (χ1v) is 6.04. The molecule has 2 rings (SSSR count). The molecule has 2 unspecified atom stereocenters. The highest BCUT2D eigenvalue weighted by molar-refractivity contribution is 9.10. The summed E-state index contributed by atoms with van der Waals surface area (Å²) >= 11 is 3.25. The van der Waals surface area contributed by atoms with Crippen molar-refractivity contribution in [3.8, 4) is 0 Å². The lowest BCUT2D eigenvalue weighted by Crippen LogP contribution is -2.20. The monoisotopic (exact) mass is 296 g/mol. The SMILES string of the molecule is NCC(c1cccnc1)C(O)c1ccoc1Br. The summed E-state index contributed by atoms with van der Waals surface area (Å²) in [6.45, 7) is 0.338. The van der Waals surface area contributed by atoms with Crippen molar-refractivity contribution < 1.29 is 9.52 Å². The standard InChI is InChI=1S/C12H13BrN2O2/c13-12-9(3-5-17-12)11(16)10(6-14)8-2-1-4-15-7-8/h1-5,7,10-11,16H,6,14H2. The number of pyridine rings is 1. The van der Waals surface area contributed by atoms with Crippen molar-refractivity contribution in [3.63, 3.8) is 0 Å². The lowest BCUT2D eigenvalue weighted by atomic mass is 9.91. The van der Waals surface area contributed by atoms with Crippen LogP contribution in [0.15, 0.2) is 45.9 Å². The molecular formula is C12H13BrN2O2. The molecule has 0 aliphatic rings. The summed E-state index contributed by atoms with van der Waals surface area (Å²) in [4.78, 5) is 4.04. The number of aliphatic hydroxyl groups is 1. The van der Waals surface area contributed by atoms with Gasteiger partial charge >= 0.3 is 0 Å². The molecule has 90 valence electrons. The van der Waals surface area contributed by atoms with Crippen molar-refractivity contribution in [2.45, 2.75) is 12.0 Å². The Kier molecular flexibility index (Phi) is 3.93. The van der Waals surface area contributed by atoms with E-state index in [9.17, 15) is 5.11 Å². The van der Waals surface area contributed by atoms with Gasteiger partial charge in [-0.05, 0) is 33.6 Å². The number of nitrogens with zero attached hydrogens (tertiary/aromatic N) is 1. The van der Waals surface area contributed by atoms with E-state index in [1.165, 1.54) is 6.26 Å². The van der Waals surface area contributed by atoms with E-state index in [2.05, 4.69) is 20.9 Å². The summed E-state index contributed by atoms with van der Waals surface area (Å²) in [6.07, 6.45) is 4.23. The molecule has 2 atom stereocenters. The third-order valence-electron chi connectivity index (χ3n) is 2.71. The van der Waals surface area contributed by atoms with Gasteiger partial charge in [0.15, 0.2) is 4.67 Å². The van der Waals surface area contributed by atoms with E-state index >= 15 is 0 Å². The molecule has 4 nitrogen and oxygen atoms in total. The molecule has 2 aromatic rings. The van der Waals surface area contributed by atoms with Gasteiger partial charge in [-0.15, -0.1) is 0 Å².